The SMILES string of the molecule is CCCN(CCO)C(=O)Nc1ccc(O)c(C(=O)O)c1. The fraction of sp³-hybridized carbons (Fsp3) is 0.385. The number of aromatic hydroxyl groups is 1. The zero-order valence-electron chi connectivity index (χ0n) is 11.2. The predicted molar refractivity (Wildman–Crippen MR) is 73.0 cm³/mol. The van der Waals surface area contributed by atoms with Gasteiger partial charge in [-0.1, -0.05) is 6.92 Å². The smallest absolute Gasteiger partial charge is 0.339 e. The molecule has 0 unspecified atom stereocenters. The number of rotatable bonds is 6. The number of benzene rings is 1. The third-order valence-electron chi connectivity index (χ3n) is 2.63. The molecule has 2 amide bonds. The molecule has 0 atom stereocenters. The molecule has 1 rings (SSSR count). The normalized spacial score (nSPS) is 10.1. The van der Waals surface area contributed by atoms with Crippen LogP contribution in [0.15, 0.2) is 18.2 Å². The summed E-state index contributed by atoms with van der Waals surface area (Å²) in [5, 5.41) is 29.7. The zero-order valence-corrected chi connectivity index (χ0v) is 11.2. The van der Waals surface area contributed by atoms with Crippen molar-refractivity contribution in [1.82, 2.24) is 4.90 Å². The van der Waals surface area contributed by atoms with E-state index in [1.165, 1.54) is 23.1 Å². The van der Waals surface area contributed by atoms with E-state index in [0.717, 1.165) is 6.42 Å². The molecule has 7 heteroatoms. The number of aliphatic hydroxyl groups is 1. The minimum absolute atomic E-state index is 0.149. The molecule has 0 aliphatic carbocycles. The first-order chi connectivity index (χ1) is 9.49. The van der Waals surface area contributed by atoms with Crippen LogP contribution in [0.25, 0.3) is 0 Å². The molecular weight excluding hydrogens is 264 g/mol. The Balaban J connectivity index is 2.84. The van der Waals surface area contributed by atoms with Gasteiger partial charge in [0.25, 0.3) is 0 Å². The van der Waals surface area contributed by atoms with Gasteiger partial charge in [-0.25, -0.2) is 9.59 Å². The van der Waals surface area contributed by atoms with Crippen molar-refractivity contribution in [2.24, 2.45) is 0 Å². The van der Waals surface area contributed by atoms with Crippen LogP contribution in [0.5, 0.6) is 5.75 Å². The fourth-order valence-corrected chi connectivity index (χ4v) is 1.69. The monoisotopic (exact) mass is 282 g/mol. The second-order valence-electron chi connectivity index (χ2n) is 4.18. The number of nitrogens with one attached hydrogen (secondary N) is 1. The van der Waals surface area contributed by atoms with Crippen LogP contribution in [0.4, 0.5) is 10.5 Å². The first-order valence-corrected chi connectivity index (χ1v) is 6.22. The van der Waals surface area contributed by atoms with E-state index in [2.05, 4.69) is 5.32 Å². The van der Waals surface area contributed by atoms with E-state index < -0.39 is 12.0 Å². The molecule has 0 aromatic heterocycles. The van der Waals surface area contributed by atoms with Crippen LogP contribution < -0.4 is 5.32 Å². The summed E-state index contributed by atoms with van der Waals surface area (Å²) in [6, 6.07) is 3.36. The number of aliphatic hydroxyl groups excluding tert-OH is 1. The lowest BCUT2D eigenvalue weighted by molar-refractivity contribution is 0.0693. The van der Waals surface area contributed by atoms with Gasteiger partial charge in [-0.15, -0.1) is 0 Å². The number of phenols is 1. The van der Waals surface area contributed by atoms with E-state index in [1.54, 1.807) is 0 Å². The summed E-state index contributed by atoms with van der Waals surface area (Å²) in [7, 11) is 0. The van der Waals surface area contributed by atoms with Gasteiger partial charge in [-0.2, -0.15) is 0 Å². The van der Waals surface area contributed by atoms with Crippen molar-refractivity contribution in [3.8, 4) is 5.75 Å². The third kappa shape index (κ3) is 4.13. The molecule has 0 aliphatic rings. The lowest BCUT2D eigenvalue weighted by Gasteiger charge is -2.21. The van der Waals surface area contributed by atoms with Gasteiger partial charge in [-0.3, -0.25) is 0 Å². The van der Waals surface area contributed by atoms with Crippen LogP contribution in [-0.4, -0.2) is 51.9 Å². The Kier molecular flexibility index (Phi) is 5.79. The number of hydrogen-bond donors (Lipinski definition) is 4. The summed E-state index contributed by atoms with van der Waals surface area (Å²) in [4.78, 5) is 24.3. The number of anilines is 1. The average Bonchev–Trinajstić information content (AvgIpc) is 2.40. The summed E-state index contributed by atoms with van der Waals surface area (Å²) >= 11 is 0. The Morgan fingerprint density at radius 2 is 2.00 bits per heavy atom. The van der Waals surface area contributed by atoms with Crippen molar-refractivity contribution in [2.45, 2.75) is 13.3 Å². The van der Waals surface area contributed by atoms with E-state index in [1.807, 2.05) is 6.92 Å². The Morgan fingerprint density at radius 3 is 2.55 bits per heavy atom. The van der Waals surface area contributed by atoms with E-state index in [-0.39, 0.29) is 30.2 Å². The first kappa shape index (κ1) is 15.8. The van der Waals surface area contributed by atoms with Crippen molar-refractivity contribution in [1.29, 1.82) is 0 Å². The molecule has 1 aromatic rings. The summed E-state index contributed by atoms with van der Waals surface area (Å²) in [5.74, 6) is -1.64. The molecular formula is C13H18N2O5. The quantitative estimate of drug-likeness (QED) is 0.588. The predicted octanol–water partition coefficient (Wildman–Crippen LogP) is 1.33. The van der Waals surface area contributed by atoms with Gasteiger partial charge in [0.05, 0.1) is 6.61 Å². The highest BCUT2D eigenvalue weighted by molar-refractivity contribution is 5.95. The molecule has 0 bridgehead atoms. The van der Waals surface area contributed by atoms with Gasteiger partial charge >= 0.3 is 12.0 Å². The van der Waals surface area contributed by atoms with Gasteiger partial charge < -0.3 is 25.5 Å². The van der Waals surface area contributed by atoms with Crippen LogP contribution in [0, 0.1) is 0 Å². The van der Waals surface area contributed by atoms with Crippen molar-refractivity contribution < 1.29 is 24.9 Å². The van der Waals surface area contributed by atoms with E-state index in [0.29, 0.717) is 6.54 Å². The second-order valence-corrected chi connectivity index (χ2v) is 4.18. The highest BCUT2D eigenvalue weighted by Gasteiger charge is 2.14. The van der Waals surface area contributed by atoms with Crippen LogP contribution in [-0.2, 0) is 0 Å². The molecule has 0 saturated carbocycles. The largest absolute Gasteiger partial charge is 0.507 e. The van der Waals surface area contributed by atoms with Crippen molar-refractivity contribution >= 4 is 17.7 Å². The summed E-state index contributed by atoms with van der Waals surface area (Å²) in [6.07, 6.45) is 0.739. The number of carboxylic acid groups (broad SMARTS) is 1. The van der Waals surface area contributed by atoms with Gasteiger partial charge in [0.2, 0.25) is 0 Å². The number of nitrogens with zero attached hydrogens (tertiary/aromatic N) is 1. The number of carbonyl (C=O) groups is 2. The van der Waals surface area contributed by atoms with Gasteiger partial charge in [0, 0.05) is 18.8 Å². The maximum atomic E-state index is 12.0. The number of aromatic carboxylic acids is 1. The highest BCUT2D eigenvalue weighted by Crippen LogP contribution is 2.21. The summed E-state index contributed by atoms with van der Waals surface area (Å²) in [5.41, 5.74) is -0.0174. The lowest BCUT2D eigenvalue weighted by Crippen LogP contribution is -2.37. The Morgan fingerprint density at radius 1 is 1.30 bits per heavy atom. The number of hydrogen-bond acceptors (Lipinski definition) is 4. The molecule has 110 valence electrons. The third-order valence-corrected chi connectivity index (χ3v) is 2.63. The molecule has 0 aliphatic heterocycles. The summed E-state index contributed by atoms with van der Waals surface area (Å²) < 4.78 is 0. The maximum Gasteiger partial charge on any atom is 0.339 e. The fourth-order valence-electron chi connectivity index (χ4n) is 1.69. The number of amides is 2. The van der Waals surface area contributed by atoms with Crippen LogP contribution in [0.3, 0.4) is 0 Å². The topological polar surface area (TPSA) is 110 Å². The van der Waals surface area contributed by atoms with E-state index in [4.69, 9.17) is 10.2 Å². The molecule has 7 nitrogen and oxygen atoms in total. The molecule has 0 heterocycles. The van der Waals surface area contributed by atoms with Crippen molar-refractivity contribution in [3.05, 3.63) is 23.8 Å². The molecule has 20 heavy (non-hydrogen) atoms. The Hall–Kier alpha value is -2.28. The molecule has 0 spiro atoms. The molecule has 0 fully saturated rings. The minimum atomic E-state index is -1.28. The summed E-state index contributed by atoms with van der Waals surface area (Å²) in [6.45, 7) is 2.43. The van der Waals surface area contributed by atoms with E-state index >= 15 is 0 Å². The Labute approximate surface area is 116 Å². The molecule has 1 aromatic carbocycles. The minimum Gasteiger partial charge on any atom is -0.507 e. The first-order valence-electron chi connectivity index (χ1n) is 6.22. The lowest BCUT2D eigenvalue weighted by atomic mass is 10.2. The van der Waals surface area contributed by atoms with Crippen LogP contribution in [0.1, 0.15) is 23.7 Å². The zero-order chi connectivity index (χ0) is 15.1. The maximum absolute atomic E-state index is 12.0. The molecule has 0 radical (unpaired) electrons. The van der Waals surface area contributed by atoms with Crippen LogP contribution in [0.2, 0.25) is 0 Å². The number of carbonyl (C=O) groups excluding carboxylic acids is 1. The molecule has 4 N–H and O–H groups in total. The van der Waals surface area contributed by atoms with Gasteiger partial charge in [0.15, 0.2) is 0 Å². The number of carboxylic acids is 1. The standard InChI is InChI=1S/C13H18N2O5/c1-2-5-15(6-7-16)13(20)14-9-3-4-11(17)10(8-9)12(18)19/h3-4,8,16-17H,2,5-7H2,1H3,(H,14,20)(H,18,19). The van der Waals surface area contributed by atoms with Crippen molar-refractivity contribution in [3.63, 3.8) is 0 Å². The van der Waals surface area contributed by atoms with Gasteiger partial charge in [-0.05, 0) is 24.6 Å². The number of urea groups is 1. The average molecular weight is 282 g/mol. The van der Waals surface area contributed by atoms with Crippen LogP contribution >= 0.6 is 0 Å². The van der Waals surface area contributed by atoms with E-state index in [9.17, 15) is 14.7 Å². The molecule has 0 saturated heterocycles. The van der Waals surface area contributed by atoms with Crippen molar-refractivity contribution in [2.75, 3.05) is 25.0 Å². The second kappa shape index (κ2) is 7.34. The Bertz CT molecular complexity index is 484. The highest BCUT2D eigenvalue weighted by atomic mass is 16.4. The van der Waals surface area contributed by atoms with Gasteiger partial charge in [0.1, 0.15) is 11.3 Å².